The SMILES string of the molecule is CC(Cc1cc2c3ccccc3n(S(C)(=O)=O)c2cn1)(NC(=O)O)C(=O)NCCc1ccccc1. The number of hydrogen-bond acceptors (Lipinski definition) is 5. The summed E-state index contributed by atoms with van der Waals surface area (Å²) < 4.78 is 26.1. The highest BCUT2D eigenvalue weighted by molar-refractivity contribution is 7.89. The van der Waals surface area contributed by atoms with Gasteiger partial charge in [-0.15, -0.1) is 0 Å². The number of benzene rings is 2. The smallest absolute Gasteiger partial charge is 0.405 e. The summed E-state index contributed by atoms with van der Waals surface area (Å²) in [5, 5.41) is 15.9. The van der Waals surface area contributed by atoms with E-state index in [4.69, 9.17) is 0 Å². The largest absolute Gasteiger partial charge is 0.465 e. The number of para-hydroxylation sites is 1. The molecule has 2 heterocycles. The first-order chi connectivity index (χ1) is 16.6. The molecule has 1 atom stereocenters. The Balaban J connectivity index is 1.64. The molecule has 0 aliphatic rings. The molecular weight excluding hydrogens is 468 g/mol. The summed E-state index contributed by atoms with van der Waals surface area (Å²) in [5.74, 6) is -0.476. The van der Waals surface area contributed by atoms with Crippen LogP contribution < -0.4 is 10.6 Å². The zero-order valence-corrected chi connectivity index (χ0v) is 20.2. The summed E-state index contributed by atoms with van der Waals surface area (Å²) >= 11 is 0. The van der Waals surface area contributed by atoms with E-state index in [1.807, 2.05) is 42.5 Å². The van der Waals surface area contributed by atoms with E-state index in [1.165, 1.54) is 17.1 Å². The lowest BCUT2D eigenvalue weighted by Gasteiger charge is -2.28. The van der Waals surface area contributed by atoms with Crippen molar-refractivity contribution in [3.8, 4) is 0 Å². The number of fused-ring (bicyclic) bond motifs is 3. The molecule has 2 aromatic carbocycles. The minimum absolute atomic E-state index is 0.0230. The molecule has 4 aromatic rings. The van der Waals surface area contributed by atoms with Crippen molar-refractivity contribution in [1.82, 2.24) is 19.6 Å². The van der Waals surface area contributed by atoms with Crippen molar-refractivity contribution in [1.29, 1.82) is 0 Å². The van der Waals surface area contributed by atoms with Gasteiger partial charge in [-0.2, -0.15) is 0 Å². The van der Waals surface area contributed by atoms with E-state index < -0.39 is 27.6 Å². The minimum atomic E-state index is -3.60. The maximum Gasteiger partial charge on any atom is 0.405 e. The summed E-state index contributed by atoms with van der Waals surface area (Å²) in [5.41, 5.74) is 0.948. The molecule has 0 saturated heterocycles. The number of nitrogens with one attached hydrogen (secondary N) is 2. The van der Waals surface area contributed by atoms with E-state index in [9.17, 15) is 23.1 Å². The average Bonchev–Trinajstić information content (AvgIpc) is 3.13. The minimum Gasteiger partial charge on any atom is -0.465 e. The van der Waals surface area contributed by atoms with Gasteiger partial charge in [-0.05, 0) is 31.0 Å². The number of aromatic nitrogens is 2. The summed E-state index contributed by atoms with van der Waals surface area (Å²) in [6.45, 7) is 1.85. The maximum absolute atomic E-state index is 13.1. The zero-order chi connectivity index (χ0) is 25.2. The first-order valence-corrected chi connectivity index (χ1v) is 12.9. The van der Waals surface area contributed by atoms with Gasteiger partial charge in [0, 0.05) is 29.4 Å². The van der Waals surface area contributed by atoms with Crippen molar-refractivity contribution in [2.45, 2.75) is 25.3 Å². The molecule has 1 unspecified atom stereocenters. The summed E-state index contributed by atoms with van der Waals surface area (Å²) in [6, 6.07) is 18.4. The van der Waals surface area contributed by atoms with Crippen molar-refractivity contribution < 1.29 is 23.1 Å². The van der Waals surface area contributed by atoms with Crippen LogP contribution in [0.1, 0.15) is 18.2 Å². The van der Waals surface area contributed by atoms with Gasteiger partial charge in [0.1, 0.15) is 5.54 Å². The predicted molar refractivity (Wildman–Crippen MR) is 134 cm³/mol. The molecule has 35 heavy (non-hydrogen) atoms. The van der Waals surface area contributed by atoms with Gasteiger partial charge < -0.3 is 15.7 Å². The molecular formula is C25H26N4O5S. The van der Waals surface area contributed by atoms with Crippen LogP contribution in [0.25, 0.3) is 21.8 Å². The van der Waals surface area contributed by atoms with Gasteiger partial charge in [0.2, 0.25) is 15.9 Å². The number of carboxylic acid groups (broad SMARTS) is 1. The summed E-state index contributed by atoms with van der Waals surface area (Å²) in [6.07, 6.45) is 1.82. The quantitative estimate of drug-likeness (QED) is 0.345. The summed E-state index contributed by atoms with van der Waals surface area (Å²) in [4.78, 5) is 29.0. The lowest BCUT2D eigenvalue weighted by Crippen LogP contribution is -2.58. The van der Waals surface area contributed by atoms with Crippen LogP contribution in [0.15, 0.2) is 66.9 Å². The number of nitrogens with zero attached hydrogens (tertiary/aromatic N) is 2. The van der Waals surface area contributed by atoms with Crippen LogP contribution in [0, 0.1) is 0 Å². The second-order valence-electron chi connectivity index (χ2n) is 8.67. The third-order valence-corrected chi connectivity index (χ3v) is 6.92. The molecule has 0 aliphatic heterocycles. The first-order valence-electron chi connectivity index (χ1n) is 11.0. The van der Waals surface area contributed by atoms with Gasteiger partial charge in [-0.3, -0.25) is 9.78 Å². The Morgan fingerprint density at radius 1 is 1.03 bits per heavy atom. The van der Waals surface area contributed by atoms with Crippen LogP contribution in [0.3, 0.4) is 0 Å². The standard InChI is InChI=1S/C25H26N4O5S/c1-25(28-24(31)32,23(30)26-13-12-17-8-4-3-5-9-17)15-18-14-20-19-10-6-7-11-21(19)29(35(2,33)34)22(20)16-27-18/h3-11,14,16,28H,12-13,15H2,1-2H3,(H,26,30)(H,31,32). The highest BCUT2D eigenvalue weighted by Crippen LogP contribution is 2.30. The Morgan fingerprint density at radius 2 is 1.71 bits per heavy atom. The van der Waals surface area contributed by atoms with E-state index in [0.717, 1.165) is 17.2 Å². The molecule has 0 bridgehead atoms. The van der Waals surface area contributed by atoms with Gasteiger partial charge in [0.15, 0.2) is 0 Å². The lowest BCUT2D eigenvalue weighted by molar-refractivity contribution is -0.126. The van der Waals surface area contributed by atoms with Gasteiger partial charge >= 0.3 is 6.09 Å². The Hall–Kier alpha value is -3.92. The molecule has 2 amide bonds. The van der Waals surface area contributed by atoms with Crippen LogP contribution in [0.2, 0.25) is 0 Å². The van der Waals surface area contributed by atoms with Crippen molar-refractivity contribution in [3.05, 3.63) is 78.1 Å². The highest BCUT2D eigenvalue weighted by atomic mass is 32.2. The molecule has 0 aliphatic carbocycles. The summed E-state index contributed by atoms with van der Waals surface area (Å²) in [7, 11) is -3.60. The van der Waals surface area contributed by atoms with E-state index in [2.05, 4.69) is 15.6 Å². The molecule has 10 heteroatoms. The van der Waals surface area contributed by atoms with Crippen LogP contribution in [-0.4, -0.2) is 52.8 Å². The predicted octanol–water partition coefficient (Wildman–Crippen LogP) is 2.92. The molecule has 0 fully saturated rings. The van der Waals surface area contributed by atoms with Gasteiger partial charge in [0.25, 0.3) is 0 Å². The van der Waals surface area contributed by atoms with Crippen LogP contribution in [0.4, 0.5) is 4.79 Å². The number of carbonyl (C=O) groups excluding carboxylic acids is 1. The maximum atomic E-state index is 13.1. The number of carbonyl (C=O) groups is 2. The Labute approximate surface area is 202 Å². The molecule has 0 radical (unpaired) electrons. The van der Waals surface area contributed by atoms with Gasteiger partial charge in [-0.1, -0.05) is 48.5 Å². The zero-order valence-electron chi connectivity index (χ0n) is 19.4. The third kappa shape index (κ3) is 5.12. The van der Waals surface area contributed by atoms with Crippen LogP contribution >= 0.6 is 0 Å². The molecule has 2 aromatic heterocycles. The van der Waals surface area contributed by atoms with Crippen molar-refractivity contribution in [2.75, 3.05) is 12.8 Å². The Bertz CT molecular complexity index is 1520. The highest BCUT2D eigenvalue weighted by Gasteiger charge is 2.36. The number of amides is 2. The molecule has 0 saturated carbocycles. The number of rotatable bonds is 8. The molecule has 3 N–H and O–H groups in total. The van der Waals surface area contributed by atoms with Crippen LogP contribution in [0.5, 0.6) is 0 Å². The van der Waals surface area contributed by atoms with E-state index in [-0.39, 0.29) is 6.42 Å². The average molecular weight is 495 g/mol. The van der Waals surface area contributed by atoms with E-state index in [1.54, 1.807) is 18.2 Å². The monoisotopic (exact) mass is 494 g/mol. The van der Waals surface area contributed by atoms with Crippen molar-refractivity contribution in [2.24, 2.45) is 0 Å². The van der Waals surface area contributed by atoms with Gasteiger partial charge in [0.05, 0.1) is 23.5 Å². The second-order valence-corrected chi connectivity index (χ2v) is 10.5. The molecule has 4 rings (SSSR count). The Morgan fingerprint density at radius 3 is 2.40 bits per heavy atom. The molecule has 0 spiro atoms. The number of hydrogen-bond donors (Lipinski definition) is 3. The van der Waals surface area contributed by atoms with Crippen LogP contribution in [-0.2, 0) is 27.7 Å². The molecule has 182 valence electrons. The topological polar surface area (TPSA) is 130 Å². The normalized spacial score (nSPS) is 13.4. The second kappa shape index (κ2) is 9.38. The van der Waals surface area contributed by atoms with E-state index in [0.29, 0.717) is 35.1 Å². The molecule has 9 nitrogen and oxygen atoms in total. The van der Waals surface area contributed by atoms with Crippen molar-refractivity contribution in [3.63, 3.8) is 0 Å². The first kappa shape index (κ1) is 24.2. The van der Waals surface area contributed by atoms with Crippen molar-refractivity contribution >= 4 is 43.8 Å². The fourth-order valence-electron chi connectivity index (χ4n) is 4.27. The Kier molecular flexibility index (Phi) is 6.49. The fourth-order valence-corrected chi connectivity index (χ4v) is 5.29. The van der Waals surface area contributed by atoms with E-state index >= 15 is 0 Å². The number of pyridine rings is 1. The fraction of sp³-hybridized carbons (Fsp3) is 0.240. The third-order valence-electron chi connectivity index (χ3n) is 5.86. The lowest BCUT2D eigenvalue weighted by atomic mass is 9.93. The van der Waals surface area contributed by atoms with Gasteiger partial charge in [-0.25, -0.2) is 17.2 Å².